The minimum absolute atomic E-state index is 0.0137. The Morgan fingerprint density at radius 2 is 0.911 bits per heavy atom. The molecule has 3 nitrogen and oxygen atoms in total. The maximum Gasteiger partial charge on any atom is 0.333 e. The predicted molar refractivity (Wildman–Crippen MR) is 238 cm³/mol. The molecule has 0 aliphatic carbocycles. The van der Waals surface area contributed by atoms with Gasteiger partial charge < -0.3 is 13.9 Å². The molecule has 0 spiro atoms. The Kier molecular flexibility index (Phi) is 5.25. The highest BCUT2D eigenvalue weighted by molar-refractivity contribution is 6.95. The molecule has 0 radical (unpaired) electrons. The Hall–Kier alpha value is -6.71. The monoisotopic (exact) mass is 709 g/mol. The standard InChI is InChI=1S/C51H33B2N3/c1-28-26-29(2)45(30(3)27-28)39-24-25-40-51-48(39)53-47-34(38-19-9-17-36-32-13-5-7-21-42(32)56(53)50(36)38)15-11-23-44(47)54(51)43-22-10-14-33-37-18-8-16-35-31-12-4-6-20-41(31)55(49(35)37)52(40)46(33)43/h4-27H,1-3H3. The molecule has 0 fully saturated rings. The second-order valence-electron chi connectivity index (χ2n) is 16.5. The van der Waals surface area contributed by atoms with Gasteiger partial charge in [0.05, 0.1) is 0 Å². The molecular weight excluding hydrogens is 676 g/mol. The number of benzene rings is 8. The van der Waals surface area contributed by atoms with Crippen LogP contribution in [0.5, 0.6) is 0 Å². The summed E-state index contributed by atoms with van der Waals surface area (Å²) < 4.78 is 5.40. The third-order valence-electron chi connectivity index (χ3n) is 13.7. The summed E-state index contributed by atoms with van der Waals surface area (Å²) in [6, 6.07) is 55.8. The maximum atomic E-state index is 2.71. The molecule has 14 rings (SSSR count). The number of hydrogen-bond acceptors (Lipinski definition) is 1. The quantitative estimate of drug-likeness (QED) is 0.155. The van der Waals surface area contributed by atoms with Crippen molar-refractivity contribution in [3.8, 4) is 33.4 Å². The molecule has 0 amide bonds. The summed E-state index contributed by atoms with van der Waals surface area (Å²) in [5.41, 5.74) is 26.6. The summed E-state index contributed by atoms with van der Waals surface area (Å²) in [4.78, 5) is 2.67. The number of aryl methyl sites for hydroxylation is 3. The summed E-state index contributed by atoms with van der Waals surface area (Å²) in [5.74, 6) is 0. The largest absolute Gasteiger partial charge is 0.375 e. The first-order chi connectivity index (χ1) is 27.6. The highest BCUT2D eigenvalue weighted by atomic mass is 15.2. The molecular formula is C51H33B2N3. The van der Waals surface area contributed by atoms with Gasteiger partial charge in [-0.3, -0.25) is 0 Å². The molecule has 0 saturated heterocycles. The van der Waals surface area contributed by atoms with Crippen LogP contribution in [0, 0.1) is 20.8 Å². The van der Waals surface area contributed by atoms with Gasteiger partial charge in [-0.05, 0) is 100 Å². The van der Waals surface area contributed by atoms with Crippen molar-refractivity contribution >= 4 is 96.2 Å². The van der Waals surface area contributed by atoms with Crippen molar-refractivity contribution in [2.24, 2.45) is 0 Å². The van der Waals surface area contributed by atoms with E-state index in [1.54, 1.807) is 0 Å². The van der Waals surface area contributed by atoms with Crippen LogP contribution in [0.15, 0.2) is 146 Å². The highest BCUT2D eigenvalue weighted by Gasteiger charge is 2.50. The lowest BCUT2D eigenvalue weighted by Crippen LogP contribution is -2.64. The first-order valence-corrected chi connectivity index (χ1v) is 19.9. The van der Waals surface area contributed by atoms with Crippen LogP contribution < -0.4 is 26.8 Å². The first kappa shape index (κ1) is 29.6. The Labute approximate surface area is 325 Å². The van der Waals surface area contributed by atoms with E-state index in [1.165, 1.54) is 133 Å². The van der Waals surface area contributed by atoms with Crippen LogP contribution in [0.25, 0.3) is 77.0 Å². The lowest BCUT2D eigenvalue weighted by Gasteiger charge is -2.47. The molecule has 5 heteroatoms. The van der Waals surface area contributed by atoms with E-state index in [-0.39, 0.29) is 13.7 Å². The van der Waals surface area contributed by atoms with Crippen LogP contribution in [0.3, 0.4) is 0 Å². The van der Waals surface area contributed by atoms with E-state index in [4.69, 9.17) is 0 Å². The fourth-order valence-electron chi connectivity index (χ4n) is 12.0. The van der Waals surface area contributed by atoms with Gasteiger partial charge in [0, 0.05) is 71.8 Å². The van der Waals surface area contributed by atoms with Crippen LogP contribution >= 0.6 is 0 Å². The van der Waals surface area contributed by atoms with E-state index >= 15 is 0 Å². The van der Waals surface area contributed by atoms with Gasteiger partial charge in [-0.15, -0.1) is 0 Å². The van der Waals surface area contributed by atoms with E-state index in [1.807, 2.05) is 0 Å². The third kappa shape index (κ3) is 3.26. The van der Waals surface area contributed by atoms with E-state index in [2.05, 4.69) is 180 Å². The van der Waals surface area contributed by atoms with Gasteiger partial charge >= 0.3 is 13.7 Å². The van der Waals surface area contributed by atoms with E-state index in [0.717, 1.165) is 0 Å². The molecule has 0 saturated carbocycles. The molecule has 0 atom stereocenters. The van der Waals surface area contributed by atoms with Crippen molar-refractivity contribution in [2.75, 3.05) is 4.90 Å². The van der Waals surface area contributed by atoms with Crippen molar-refractivity contribution in [3.05, 3.63) is 162 Å². The van der Waals surface area contributed by atoms with Gasteiger partial charge in [0.25, 0.3) is 0 Å². The van der Waals surface area contributed by atoms with E-state index < -0.39 is 0 Å². The smallest absolute Gasteiger partial charge is 0.333 e. The maximum absolute atomic E-state index is 2.71. The second kappa shape index (κ2) is 9.93. The topological polar surface area (TPSA) is 13.1 Å². The van der Waals surface area contributed by atoms with Crippen molar-refractivity contribution in [1.82, 2.24) is 8.96 Å². The summed E-state index contributed by atoms with van der Waals surface area (Å²) in [6.45, 7) is 6.83. The van der Waals surface area contributed by atoms with Crippen LogP contribution in [0.2, 0.25) is 0 Å². The zero-order chi connectivity index (χ0) is 36.7. The average molecular weight is 709 g/mol. The Morgan fingerprint density at radius 3 is 1.52 bits per heavy atom. The molecule has 56 heavy (non-hydrogen) atoms. The fourth-order valence-corrected chi connectivity index (χ4v) is 12.0. The normalized spacial score (nSPS) is 13.9. The Bertz CT molecular complexity index is 3460. The Morgan fingerprint density at radius 1 is 0.411 bits per heavy atom. The van der Waals surface area contributed by atoms with Gasteiger partial charge in [-0.2, -0.15) is 0 Å². The zero-order valence-electron chi connectivity index (χ0n) is 31.4. The molecule has 4 aliphatic heterocycles. The molecule has 4 aliphatic rings. The first-order valence-electron chi connectivity index (χ1n) is 19.9. The molecule has 6 heterocycles. The number of fused-ring (bicyclic) bond motifs is 14. The second-order valence-corrected chi connectivity index (χ2v) is 16.5. The number of nitrogens with zero attached hydrogens (tertiary/aromatic N) is 3. The summed E-state index contributed by atoms with van der Waals surface area (Å²) in [5, 5.41) is 5.28. The van der Waals surface area contributed by atoms with Crippen molar-refractivity contribution in [2.45, 2.75) is 20.8 Å². The summed E-state index contributed by atoms with van der Waals surface area (Å²) in [6.07, 6.45) is 0. The fraction of sp³-hybridized carbons (Fsp3) is 0.0588. The SMILES string of the molecule is Cc1cc(C)c(-c2ccc3c4c2B2c5c(cccc5N4c4cccc5c4B3n3c4ccccc4c4cccc-5c43)-c3cccc4c5ccccc5n2c34)c(C)c1. The molecule has 2 aromatic heterocycles. The lowest BCUT2D eigenvalue weighted by atomic mass is 9.39. The molecule has 10 aromatic rings. The van der Waals surface area contributed by atoms with Crippen LogP contribution in [-0.4, -0.2) is 22.7 Å². The van der Waals surface area contributed by atoms with Gasteiger partial charge in [0.15, 0.2) is 0 Å². The van der Waals surface area contributed by atoms with Crippen LogP contribution in [0.4, 0.5) is 17.1 Å². The van der Waals surface area contributed by atoms with Gasteiger partial charge in [0.2, 0.25) is 0 Å². The van der Waals surface area contributed by atoms with Crippen molar-refractivity contribution in [3.63, 3.8) is 0 Å². The number of aromatic nitrogens is 2. The Balaban J connectivity index is 1.22. The van der Waals surface area contributed by atoms with Gasteiger partial charge in [0.1, 0.15) is 0 Å². The number of anilines is 3. The number of rotatable bonds is 1. The summed E-state index contributed by atoms with van der Waals surface area (Å²) in [7, 11) is 0. The highest BCUT2D eigenvalue weighted by Crippen LogP contribution is 2.49. The van der Waals surface area contributed by atoms with Gasteiger partial charge in [-0.25, -0.2) is 0 Å². The van der Waals surface area contributed by atoms with Crippen LogP contribution in [0.1, 0.15) is 16.7 Å². The van der Waals surface area contributed by atoms with Gasteiger partial charge in [-0.1, -0.05) is 127 Å². The van der Waals surface area contributed by atoms with E-state index in [0.29, 0.717) is 0 Å². The minimum atomic E-state index is -0.0261. The molecule has 0 N–H and O–H groups in total. The molecule has 0 bridgehead atoms. The summed E-state index contributed by atoms with van der Waals surface area (Å²) >= 11 is 0. The third-order valence-corrected chi connectivity index (χ3v) is 13.7. The number of para-hydroxylation sites is 4. The average Bonchev–Trinajstić information content (AvgIpc) is 3.74. The minimum Gasteiger partial charge on any atom is -0.375 e. The van der Waals surface area contributed by atoms with E-state index in [9.17, 15) is 0 Å². The van der Waals surface area contributed by atoms with Crippen molar-refractivity contribution < 1.29 is 0 Å². The molecule has 258 valence electrons. The molecule has 0 unspecified atom stereocenters. The van der Waals surface area contributed by atoms with Crippen LogP contribution in [-0.2, 0) is 0 Å². The van der Waals surface area contributed by atoms with Crippen molar-refractivity contribution in [1.29, 1.82) is 0 Å². The molecule has 8 aromatic carbocycles. The number of hydrogen-bond donors (Lipinski definition) is 0. The zero-order valence-corrected chi connectivity index (χ0v) is 31.4. The predicted octanol–water partition coefficient (Wildman–Crippen LogP) is 9.86. The lowest BCUT2D eigenvalue weighted by molar-refractivity contribution is 1.24.